The second-order valence-corrected chi connectivity index (χ2v) is 11.3. The highest BCUT2D eigenvalue weighted by Crippen LogP contribution is 2.56. The number of aromatic nitrogens is 2. The van der Waals surface area contributed by atoms with Gasteiger partial charge in [0.1, 0.15) is 15.0 Å². The van der Waals surface area contributed by atoms with Crippen LogP contribution in [0.1, 0.15) is 47.0 Å². The lowest BCUT2D eigenvalue weighted by molar-refractivity contribution is -0.190. The molecule has 0 aromatic carbocycles. The van der Waals surface area contributed by atoms with E-state index in [-0.39, 0.29) is 11.4 Å². The smallest absolute Gasteiger partial charge is 0.407 e. The predicted octanol–water partition coefficient (Wildman–Crippen LogP) is 3.67. The molecule has 2 aliphatic rings. The summed E-state index contributed by atoms with van der Waals surface area (Å²) in [6.45, 7) is 7.39. The topological polar surface area (TPSA) is 102 Å². The van der Waals surface area contributed by atoms with Crippen molar-refractivity contribution in [3.63, 3.8) is 0 Å². The number of piperidine rings is 1. The number of carbonyl (C=O) groups excluding carboxylic acids is 1. The van der Waals surface area contributed by atoms with E-state index in [0.717, 1.165) is 0 Å². The summed E-state index contributed by atoms with van der Waals surface area (Å²) in [4.78, 5) is 31.1. The molecule has 3 atom stereocenters. The maximum absolute atomic E-state index is 14.0. The standard InChI is InChI=1S/C21H31F3IN5O3/c1-11-10-20(14(12(11)21(22,23)24)27-18(32)33-19(2,3)4)6-8-30(9-7-20)17-28-15(26)13(25)16(31)29(17)5/h11-12,14H,6-10,26H2,1-5H3,(H,27,32)/t11-,12+,14+/m0/s1. The molecule has 1 aliphatic carbocycles. The lowest BCUT2D eigenvalue weighted by Crippen LogP contribution is -2.56. The van der Waals surface area contributed by atoms with Gasteiger partial charge in [-0.25, -0.2) is 4.79 Å². The highest BCUT2D eigenvalue weighted by molar-refractivity contribution is 14.1. The third-order valence-corrected chi connectivity index (χ3v) is 7.70. The molecular formula is C21H31F3IN5O3. The Labute approximate surface area is 204 Å². The predicted molar refractivity (Wildman–Crippen MR) is 127 cm³/mol. The molecule has 8 nitrogen and oxygen atoms in total. The zero-order valence-electron chi connectivity index (χ0n) is 19.4. The van der Waals surface area contributed by atoms with Crippen LogP contribution in [0.15, 0.2) is 4.79 Å². The quantitative estimate of drug-likeness (QED) is 0.514. The Morgan fingerprint density at radius 1 is 1.27 bits per heavy atom. The summed E-state index contributed by atoms with van der Waals surface area (Å²) in [5, 5.41) is 2.58. The molecule has 3 N–H and O–H groups in total. The van der Waals surface area contributed by atoms with Crippen molar-refractivity contribution >= 4 is 40.5 Å². The number of nitrogens with zero attached hydrogens (tertiary/aromatic N) is 3. The van der Waals surface area contributed by atoms with Crippen LogP contribution in [0.3, 0.4) is 0 Å². The maximum Gasteiger partial charge on any atom is 0.407 e. The molecule has 1 spiro atoms. The molecule has 0 bridgehead atoms. The van der Waals surface area contributed by atoms with E-state index >= 15 is 0 Å². The molecule has 2 fully saturated rings. The summed E-state index contributed by atoms with van der Waals surface area (Å²) in [5.41, 5.74) is 4.06. The van der Waals surface area contributed by atoms with Gasteiger partial charge in [0.05, 0.1) is 5.92 Å². The SMILES string of the molecule is C[C@H]1CC2(CCN(c3nc(N)c(I)c(=O)n3C)CC2)[C@H](NC(=O)OC(C)(C)C)[C@@H]1C(F)(F)F. The second-order valence-electron chi connectivity index (χ2n) is 10.2. The molecule has 1 aromatic rings. The number of nitrogens with one attached hydrogen (secondary N) is 1. The molecule has 0 radical (unpaired) electrons. The van der Waals surface area contributed by atoms with Gasteiger partial charge in [-0.05, 0) is 74.0 Å². The fourth-order valence-corrected chi connectivity index (χ4v) is 5.81. The Morgan fingerprint density at radius 3 is 2.36 bits per heavy atom. The zero-order valence-corrected chi connectivity index (χ0v) is 21.6. The van der Waals surface area contributed by atoms with Crippen LogP contribution in [0.2, 0.25) is 0 Å². The summed E-state index contributed by atoms with van der Waals surface area (Å²) in [5.74, 6) is -1.78. The Morgan fingerprint density at radius 2 is 1.85 bits per heavy atom. The van der Waals surface area contributed by atoms with E-state index in [1.54, 1.807) is 34.7 Å². The van der Waals surface area contributed by atoms with Crippen LogP contribution in [0, 0.1) is 20.8 Å². The van der Waals surface area contributed by atoms with Crippen LogP contribution >= 0.6 is 22.6 Å². The van der Waals surface area contributed by atoms with Crippen LogP contribution in [0.4, 0.5) is 29.7 Å². The first-order valence-corrected chi connectivity index (χ1v) is 12.0. The van der Waals surface area contributed by atoms with Gasteiger partial charge in [-0.3, -0.25) is 9.36 Å². The number of halogens is 4. The first-order chi connectivity index (χ1) is 15.1. The van der Waals surface area contributed by atoms with Crippen molar-refractivity contribution in [2.24, 2.45) is 24.3 Å². The molecule has 1 saturated carbocycles. The van der Waals surface area contributed by atoms with Crippen LogP contribution in [0.5, 0.6) is 0 Å². The highest BCUT2D eigenvalue weighted by Gasteiger charge is 2.62. The maximum atomic E-state index is 14.0. The number of anilines is 2. The Kier molecular flexibility index (Phi) is 6.91. The fraction of sp³-hybridized carbons (Fsp3) is 0.762. The second kappa shape index (κ2) is 8.81. The highest BCUT2D eigenvalue weighted by atomic mass is 127. The first kappa shape index (κ1) is 25.9. The minimum absolute atomic E-state index is 0.130. The van der Waals surface area contributed by atoms with E-state index < -0.39 is 41.2 Å². The van der Waals surface area contributed by atoms with Gasteiger partial charge < -0.3 is 20.7 Å². The van der Waals surface area contributed by atoms with Crippen molar-refractivity contribution in [2.45, 2.75) is 64.8 Å². The largest absolute Gasteiger partial charge is 0.444 e. The fourth-order valence-electron chi connectivity index (χ4n) is 5.32. The third kappa shape index (κ3) is 5.19. The summed E-state index contributed by atoms with van der Waals surface area (Å²) in [6.07, 6.45) is -4.13. The Hall–Kier alpha value is -1.73. The number of hydrogen-bond donors (Lipinski definition) is 2. The summed E-state index contributed by atoms with van der Waals surface area (Å²) in [6, 6.07) is -1.09. The molecule has 12 heteroatoms. The minimum Gasteiger partial charge on any atom is -0.444 e. The van der Waals surface area contributed by atoms with Gasteiger partial charge >= 0.3 is 12.3 Å². The lowest BCUT2D eigenvalue weighted by atomic mass is 9.72. The lowest BCUT2D eigenvalue weighted by Gasteiger charge is -2.45. The number of amides is 1. The average molecular weight is 585 g/mol. The van der Waals surface area contributed by atoms with Crippen molar-refractivity contribution in [1.29, 1.82) is 0 Å². The summed E-state index contributed by atoms with van der Waals surface area (Å²) >= 11 is 1.84. The van der Waals surface area contributed by atoms with Gasteiger partial charge in [0.15, 0.2) is 0 Å². The summed E-state index contributed by atoms with van der Waals surface area (Å²) in [7, 11) is 1.60. The molecule has 33 heavy (non-hydrogen) atoms. The number of carbonyl (C=O) groups is 1. The molecular weight excluding hydrogens is 554 g/mol. The van der Waals surface area contributed by atoms with E-state index in [2.05, 4.69) is 10.3 Å². The normalized spacial score (nSPS) is 25.4. The van der Waals surface area contributed by atoms with E-state index in [4.69, 9.17) is 10.5 Å². The van der Waals surface area contributed by atoms with E-state index in [1.807, 2.05) is 27.5 Å². The number of alkyl halides is 3. The minimum atomic E-state index is -4.45. The van der Waals surface area contributed by atoms with Crippen LogP contribution in [-0.2, 0) is 11.8 Å². The number of ether oxygens (including phenoxy) is 1. The molecule has 1 aromatic heterocycles. The first-order valence-electron chi connectivity index (χ1n) is 10.9. The molecule has 1 aliphatic heterocycles. The van der Waals surface area contributed by atoms with E-state index in [9.17, 15) is 22.8 Å². The summed E-state index contributed by atoms with van der Waals surface area (Å²) < 4.78 is 49.1. The number of alkyl carbamates (subject to hydrolysis) is 1. The van der Waals surface area contributed by atoms with Gasteiger partial charge in [-0.15, -0.1) is 0 Å². The van der Waals surface area contributed by atoms with Crippen molar-refractivity contribution in [1.82, 2.24) is 14.9 Å². The Bertz CT molecular complexity index is 968. The third-order valence-electron chi connectivity index (χ3n) is 6.69. The van der Waals surface area contributed by atoms with Crippen molar-refractivity contribution in [3.8, 4) is 0 Å². The molecule has 2 heterocycles. The average Bonchev–Trinajstić information content (AvgIpc) is 2.93. The van der Waals surface area contributed by atoms with E-state index in [1.165, 1.54) is 4.57 Å². The van der Waals surface area contributed by atoms with Crippen molar-refractivity contribution in [3.05, 3.63) is 13.9 Å². The molecule has 1 saturated heterocycles. The van der Waals surface area contributed by atoms with Gasteiger partial charge in [0.25, 0.3) is 5.56 Å². The number of nitrogens with two attached hydrogens (primary N) is 1. The van der Waals surface area contributed by atoms with Crippen LogP contribution in [-0.4, -0.2) is 46.6 Å². The van der Waals surface area contributed by atoms with Crippen LogP contribution in [0.25, 0.3) is 0 Å². The van der Waals surface area contributed by atoms with Gasteiger partial charge in [0.2, 0.25) is 5.95 Å². The van der Waals surface area contributed by atoms with Crippen molar-refractivity contribution in [2.75, 3.05) is 23.7 Å². The Balaban J connectivity index is 1.87. The number of rotatable bonds is 2. The zero-order chi connectivity index (χ0) is 24.9. The van der Waals surface area contributed by atoms with Crippen molar-refractivity contribution < 1.29 is 22.7 Å². The molecule has 0 unspecified atom stereocenters. The molecule has 1 amide bonds. The van der Waals surface area contributed by atoms with Gasteiger partial charge in [-0.1, -0.05) is 6.92 Å². The number of nitrogen functional groups attached to an aromatic ring is 1. The molecule has 186 valence electrons. The molecule has 3 rings (SSSR count). The van der Waals surface area contributed by atoms with Gasteiger partial charge in [0, 0.05) is 26.2 Å². The monoisotopic (exact) mass is 585 g/mol. The van der Waals surface area contributed by atoms with E-state index in [0.29, 0.717) is 41.9 Å². The number of hydrogen-bond acceptors (Lipinski definition) is 6. The van der Waals surface area contributed by atoms with Crippen LogP contribution < -0.4 is 21.5 Å². The van der Waals surface area contributed by atoms with Gasteiger partial charge in [-0.2, -0.15) is 18.2 Å².